The first-order valence-corrected chi connectivity index (χ1v) is 8.05. The highest BCUT2D eigenvalue weighted by atomic mass is 16.6. The van der Waals surface area contributed by atoms with Crippen LogP contribution < -0.4 is 10.6 Å². The van der Waals surface area contributed by atoms with Gasteiger partial charge in [0, 0.05) is 23.6 Å². The number of anilines is 1. The van der Waals surface area contributed by atoms with Crippen molar-refractivity contribution in [1.82, 2.24) is 10.3 Å². The van der Waals surface area contributed by atoms with Crippen molar-refractivity contribution in [2.75, 3.05) is 5.32 Å². The number of carbonyl (C=O) groups excluding carboxylic acids is 2. The second kappa shape index (κ2) is 7.79. The second-order valence-electron chi connectivity index (χ2n) is 6.69. The van der Waals surface area contributed by atoms with E-state index in [1.165, 1.54) is 0 Å². The number of benzene rings is 1. The lowest BCUT2D eigenvalue weighted by atomic mass is 10.1. The molecule has 0 spiro atoms. The lowest BCUT2D eigenvalue weighted by molar-refractivity contribution is 0.0635. The molecule has 6 heteroatoms. The van der Waals surface area contributed by atoms with E-state index < -0.39 is 11.7 Å². The summed E-state index contributed by atoms with van der Waals surface area (Å²) in [5.74, 6) is -0.232. The van der Waals surface area contributed by atoms with Crippen LogP contribution in [0.15, 0.2) is 48.8 Å². The van der Waals surface area contributed by atoms with Gasteiger partial charge in [-0.1, -0.05) is 12.1 Å². The minimum absolute atomic E-state index is 0.177. The molecule has 0 saturated heterocycles. The van der Waals surface area contributed by atoms with Crippen molar-refractivity contribution in [1.29, 1.82) is 0 Å². The molecule has 0 radical (unpaired) electrons. The van der Waals surface area contributed by atoms with Gasteiger partial charge in [0.25, 0.3) is 5.91 Å². The topological polar surface area (TPSA) is 80.3 Å². The number of rotatable bonds is 4. The minimum atomic E-state index is -0.585. The number of ether oxygens (including phenoxy) is 1. The Bertz CT molecular complexity index is 739. The van der Waals surface area contributed by atoms with E-state index in [1.807, 2.05) is 19.1 Å². The highest BCUT2D eigenvalue weighted by Crippen LogP contribution is 2.15. The van der Waals surface area contributed by atoms with Gasteiger partial charge in [-0.15, -0.1) is 0 Å². The van der Waals surface area contributed by atoms with E-state index in [1.54, 1.807) is 57.4 Å². The van der Waals surface area contributed by atoms with E-state index in [-0.39, 0.29) is 11.9 Å². The summed E-state index contributed by atoms with van der Waals surface area (Å²) in [6.45, 7) is 7.25. The minimum Gasteiger partial charge on any atom is -0.444 e. The Balaban J connectivity index is 2.02. The number of nitrogens with zero attached hydrogens (tertiary/aromatic N) is 1. The second-order valence-corrected chi connectivity index (χ2v) is 6.69. The van der Waals surface area contributed by atoms with Crippen molar-refractivity contribution >= 4 is 17.7 Å². The van der Waals surface area contributed by atoms with Crippen LogP contribution in [0.5, 0.6) is 0 Å². The third-order valence-corrected chi connectivity index (χ3v) is 3.30. The maximum atomic E-state index is 12.4. The van der Waals surface area contributed by atoms with Gasteiger partial charge in [-0.2, -0.15) is 0 Å². The Morgan fingerprint density at radius 3 is 2.56 bits per heavy atom. The molecule has 1 heterocycles. The molecule has 1 atom stereocenters. The molecular weight excluding hydrogens is 318 g/mol. The summed E-state index contributed by atoms with van der Waals surface area (Å²) in [7, 11) is 0. The quantitative estimate of drug-likeness (QED) is 0.883. The molecule has 1 aromatic heterocycles. The molecule has 2 rings (SSSR count). The Kier molecular flexibility index (Phi) is 5.75. The van der Waals surface area contributed by atoms with Crippen molar-refractivity contribution in [3.05, 3.63) is 59.9 Å². The highest BCUT2D eigenvalue weighted by molar-refractivity contribution is 5.96. The van der Waals surface area contributed by atoms with Gasteiger partial charge in [0.1, 0.15) is 5.60 Å². The zero-order valence-electron chi connectivity index (χ0n) is 14.9. The predicted octanol–water partition coefficient (Wildman–Crippen LogP) is 3.92. The van der Waals surface area contributed by atoms with Crippen molar-refractivity contribution in [3.63, 3.8) is 0 Å². The summed E-state index contributed by atoms with van der Waals surface area (Å²) < 4.78 is 5.21. The van der Waals surface area contributed by atoms with Crippen LogP contribution in [0.4, 0.5) is 10.5 Å². The zero-order valence-corrected chi connectivity index (χ0v) is 14.9. The van der Waals surface area contributed by atoms with E-state index >= 15 is 0 Å². The van der Waals surface area contributed by atoms with Crippen LogP contribution in [-0.2, 0) is 4.74 Å². The molecule has 25 heavy (non-hydrogen) atoms. The fourth-order valence-electron chi connectivity index (χ4n) is 2.16. The van der Waals surface area contributed by atoms with Gasteiger partial charge in [-0.25, -0.2) is 4.79 Å². The monoisotopic (exact) mass is 341 g/mol. The predicted molar refractivity (Wildman–Crippen MR) is 96.4 cm³/mol. The number of hydrogen-bond acceptors (Lipinski definition) is 4. The van der Waals surface area contributed by atoms with E-state index in [0.717, 1.165) is 5.56 Å². The van der Waals surface area contributed by atoms with Crippen molar-refractivity contribution in [2.24, 2.45) is 0 Å². The van der Waals surface area contributed by atoms with Crippen molar-refractivity contribution < 1.29 is 14.3 Å². The number of aromatic nitrogens is 1. The lowest BCUT2D eigenvalue weighted by Crippen LogP contribution is -2.28. The zero-order chi connectivity index (χ0) is 18.4. The Labute approximate surface area is 147 Å². The fourth-order valence-corrected chi connectivity index (χ4v) is 2.16. The molecule has 2 amide bonds. The van der Waals surface area contributed by atoms with Gasteiger partial charge in [-0.3, -0.25) is 15.1 Å². The maximum Gasteiger partial charge on any atom is 0.412 e. The van der Waals surface area contributed by atoms with Crippen LogP contribution in [0.3, 0.4) is 0 Å². The van der Waals surface area contributed by atoms with Crippen LogP contribution in [0.1, 0.15) is 49.7 Å². The maximum absolute atomic E-state index is 12.4. The lowest BCUT2D eigenvalue weighted by Gasteiger charge is -2.20. The fraction of sp³-hybridized carbons (Fsp3) is 0.316. The van der Waals surface area contributed by atoms with Crippen LogP contribution in [-0.4, -0.2) is 22.6 Å². The third-order valence-electron chi connectivity index (χ3n) is 3.30. The highest BCUT2D eigenvalue weighted by Gasteiger charge is 2.17. The summed E-state index contributed by atoms with van der Waals surface area (Å²) in [5.41, 5.74) is 1.28. The molecule has 0 bridgehead atoms. The van der Waals surface area contributed by atoms with Crippen LogP contribution >= 0.6 is 0 Å². The summed E-state index contributed by atoms with van der Waals surface area (Å²) in [5, 5.41) is 5.54. The molecule has 0 aliphatic carbocycles. The molecule has 0 aliphatic heterocycles. The van der Waals surface area contributed by atoms with Gasteiger partial charge in [0.2, 0.25) is 0 Å². The van der Waals surface area contributed by atoms with Crippen LogP contribution in [0.2, 0.25) is 0 Å². The van der Waals surface area contributed by atoms with Crippen LogP contribution in [0, 0.1) is 0 Å². The molecule has 0 saturated carbocycles. The Hall–Kier alpha value is -2.89. The molecule has 132 valence electrons. The molecule has 6 nitrogen and oxygen atoms in total. The molecule has 1 aromatic carbocycles. The smallest absolute Gasteiger partial charge is 0.412 e. The molecule has 0 aliphatic rings. The number of pyridine rings is 1. The molecule has 2 N–H and O–H groups in total. The molecule has 0 fully saturated rings. The summed E-state index contributed by atoms with van der Waals surface area (Å²) >= 11 is 0. The first-order chi connectivity index (χ1) is 11.7. The standard InChI is InChI=1S/C19H23N3O3/c1-13(15-8-6-10-20-12-15)21-17(23)14-7-5-9-16(11-14)22-18(24)25-19(2,3)4/h5-13H,1-4H3,(H,21,23)(H,22,24). The normalized spacial score (nSPS) is 12.2. The summed E-state index contributed by atoms with van der Waals surface area (Å²) in [4.78, 5) is 28.3. The first-order valence-electron chi connectivity index (χ1n) is 8.05. The van der Waals surface area contributed by atoms with E-state index in [0.29, 0.717) is 11.3 Å². The van der Waals surface area contributed by atoms with Crippen molar-refractivity contribution in [3.8, 4) is 0 Å². The van der Waals surface area contributed by atoms with E-state index in [2.05, 4.69) is 15.6 Å². The number of carbonyl (C=O) groups is 2. The van der Waals surface area contributed by atoms with E-state index in [4.69, 9.17) is 4.74 Å². The van der Waals surface area contributed by atoms with Gasteiger partial charge in [-0.05, 0) is 57.5 Å². The number of amides is 2. The summed E-state index contributed by atoms with van der Waals surface area (Å²) in [6.07, 6.45) is 2.84. The average molecular weight is 341 g/mol. The van der Waals surface area contributed by atoms with Gasteiger partial charge in [0.15, 0.2) is 0 Å². The van der Waals surface area contributed by atoms with Crippen LogP contribution in [0.25, 0.3) is 0 Å². The third kappa shape index (κ3) is 5.91. The average Bonchev–Trinajstić information content (AvgIpc) is 2.54. The molecule has 2 aromatic rings. The van der Waals surface area contributed by atoms with Crippen molar-refractivity contribution in [2.45, 2.75) is 39.3 Å². The van der Waals surface area contributed by atoms with E-state index in [9.17, 15) is 9.59 Å². The van der Waals surface area contributed by atoms with Gasteiger partial charge in [0.05, 0.1) is 6.04 Å². The SMILES string of the molecule is CC(NC(=O)c1cccc(NC(=O)OC(C)(C)C)c1)c1cccnc1. The van der Waals surface area contributed by atoms with Gasteiger partial charge >= 0.3 is 6.09 Å². The molecule has 1 unspecified atom stereocenters. The molecular formula is C19H23N3O3. The Morgan fingerprint density at radius 1 is 1.16 bits per heavy atom. The largest absolute Gasteiger partial charge is 0.444 e. The van der Waals surface area contributed by atoms with Gasteiger partial charge < -0.3 is 10.1 Å². The first kappa shape index (κ1) is 18.4. The number of nitrogens with one attached hydrogen (secondary N) is 2. The number of hydrogen-bond donors (Lipinski definition) is 2. The summed E-state index contributed by atoms with van der Waals surface area (Å²) in [6, 6.07) is 10.2. The Morgan fingerprint density at radius 2 is 1.92 bits per heavy atom.